The zero-order chi connectivity index (χ0) is 18.7. The molecule has 1 aromatic carbocycles. The van der Waals surface area contributed by atoms with Gasteiger partial charge in [0.1, 0.15) is 0 Å². The molecular formula is C17H17N5O2S2. The second-order valence-corrected chi connectivity index (χ2v) is 7.62. The molecule has 3 rings (SSSR count). The van der Waals surface area contributed by atoms with Gasteiger partial charge in [0, 0.05) is 22.9 Å². The normalized spacial score (nSPS) is 10.7. The Morgan fingerprint density at radius 3 is 2.77 bits per heavy atom. The van der Waals surface area contributed by atoms with Gasteiger partial charge < -0.3 is 15.6 Å². The minimum atomic E-state index is -0.586. The number of hydrogen-bond donors (Lipinski definition) is 2. The number of rotatable bonds is 6. The van der Waals surface area contributed by atoms with Crippen molar-refractivity contribution in [1.82, 2.24) is 14.8 Å². The lowest BCUT2D eigenvalue weighted by atomic mass is 10.1. The van der Waals surface area contributed by atoms with Gasteiger partial charge in [0.05, 0.1) is 17.0 Å². The molecule has 0 aliphatic heterocycles. The number of amides is 2. The van der Waals surface area contributed by atoms with E-state index >= 15 is 0 Å². The Morgan fingerprint density at radius 2 is 2.08 bits per heavy atom. The molecule has 0 fully saturated rings. The lowest BCUT2D eigenvalue weighted by Gasteiger charge is -2.08. The van der Waals surface area contributed by atoms with Crippen LogP contribution in [0.1, 0.15) is 15.2 Å². The third-order valence-electron chi connectivity index (χ3n) is 3.62. The summed E-state index contributed by atoms with van der Waals surface area (Å²) in [6.07, 6.45) is 0. The molecule has 0 radical (unpaired) electrons. The maximum absolute atomic E-state index is 12.2. The number of carbonyl (C=O) groups excluding carboxylic acids is 2. The summed E-state index contributed by atoms with van der Waals surface area (Å²) in [4.78, 5) is 24.8. The maximum atomic E-state index is 12.2. The molecule has 3 aromatic rings. The standard InChI is InChI=1S/C17H17N5O2S2/c1-10-7-11(8-25-10)16-20-21-17(22(16)2)26-9-14(23)19-13-6-4-3-5-12(13)15(18)24/h3-8H,9H2,1-2H3,(H2,18,24)(H,19,23). The first-order valence-corrected chi connectivity index (χ1v) is 9.58. The first-order chi connectivity index (χ1) is 12.5. The number of aryl methyl sites for hydroxylation is 1. The van der Waals surface area contributed by atoms with E-state index in [1.165, 1.54) is 16.6 Å². The van der Waals surface area contributed by atoms with E-state index in [4.69, 9.17) is 5.73 Å². The highest BCUT2D eigenvalue weighted by Gasteiger charge is 2.15. The quantitative estimate of drug-likeness (QED) is 0.633. The Morgan fingerprint density at radius 1 is 1.31 bits per heavy atom. The summed E-state index contributed by atoms with van der Waals surface area (Å²) < 4.78 is 1.86. The van der Waals surface area contributed by atoms with E-state index < -0.39 is 5.91 Å². The number of nitrogens with two attached hydrogens (primary N) is 1. The molecule has 9 heteroatoms. The highest BCUT2D eigenvalue weighted by atomic mass is 32.2. The van der Waals surface area contributed by atoms with Gasteiger partial charge in [-0.25, -0.2) is 0 Å². The molecule has 0 aliphatic rings. The van der Waals surface area contributed by atoms with E-state index in [0.717, 1.165) is 11.4 Å². The SMILES string of the molecule is Cc1cc(-c2nnc(SCC(=O)Nc3ccccc3C(N)=O)n2C)cs1. The molecule has 0 atom stereocenters. The van der Waals surface area contributed by atoms with E-state index in [0.29, 0.717) is 10.8 Å². The first-order valence-electron chi connectivity index (χ1n) is 7.72. The number of carbonyl (C=O) groups is 2. The van der Waals surface area contributed by atoms with Crippen molar-refractivity contribution >= 4 is 40.6 Å². The Bertz CT molecular complexity index is 964. The topological polar surface area (TPSA) is 103 Å². The Labute approximate surface area is 158 Å². The Kier molecular flexibility index (Phi) is 5.38. The van der Waals surface area contributed by atoms with E-state index in [1.54, 1.807) is 35.6 Å². The fourth-order valence-electron chi connectivity index (χ4n) is 2.38. The second-order valence-electron chi connectivity index (χ2n) is 5.56. The van der Waals surface area contributed by atoms with Gasteiger partial charge in [0.15, 0.2) is 11.0 Å². The molecule has 0 spiro atoms. The molecule has 7 nitrogen and oxygen atoms in total. The first kappa shape index (κ1) is 18.2. The fourth-order valence-corrected chi connectivity index (χ4v) is 3.77. The lowest BCUT2D eigenvalue weighted by Crippen LogP contribution is -2.19. The average Bonchev–Trinajstić information content (AvgIpc) is 3.19. The highest BCUT2D eigenvalue weighted by Crippen LogP contribution is 2.26. The lowest BCUT2D eigenvalue weighted by molar-refractivity contribution is -0.113. The number of nitrogens with one attached hydrogen (secondary N) is 1. The van der Waals surface area contributed by atoms with Gasteiger partial charge in [-0.2, -0.15) is 0 Å². The molecule has 3 N–H and O–H groups in total. The molecule has 26 heavy (non-hydrogen) atoms. The van der Waals surface area contributed by atoms with Gasteiger partial charge in [0.25, 0.3) is 5.91 Å². The molecule has 0 saturated heterocycles. The summed E-state index contributed by atoms with van der Waals surface area (Å²) in [6.45, 7) is 2.04. The van der Waals surface area contributed by atoms with Gasteiger partial charge in [-0.3, -0.25) is 9.59 Å². The van der Waals surface area contributed by atoms with Crippen molar-refractivity contribution in [3.05, 3.63) is 46.2 Å². The zero-order valence-electron chi connectivity index (χ0n) is 14.2. The third-order valence-corrected chi connectivity index (χ3v) is 5.50. The third kappa shape index (κ3) is 3.94. The van der Waals surface area contributed by atoms with Gasteiger partial charge in [-0.05, 0) is 25.1 Å². The molecule has 2 aromatic heterocycles. The average molecular weight is 387 g/mol. The molecule has 2 amide bonds. The molecule has 0 saturated carbocycles. The number of nitrogens with zero attached hydrogens (tertiary/aromatic N) is 3. The van der Waals surface area contributed by atoms with Crippen LogP contribution < -0.4 is 11.1 Å². The van der Waals surface area contributed by atoms with Crippen LogP contribution in [-0.4, -0.2) is 32.3 Å². The number of thiophene rings is 1. The largest absolute Gasteiger partial charge is 0.366 e. The van der Waals surface area contributed by atoms with Crippen LogP contribution in [0.5, 0.6) is 0 Å². The smallest absolute Gasteiger partial charge is 0.250 e. The molecule has 0 unspecified atom stereocenters. The van der Waals surface area contributed by atoms with Gasteiger partial charge >= 0.3 is 0 Å². The Balaban J connectivity index is 1.66. The predicted molar refractivity (Wildman–Crippen MR) is 103 cm³/mol. The maximum Gasteiger partial charge on any atom is 0.250 e. The number of primary amides is 1. The van der Waals surface area contributed by atoms with Crippen LogP contribution in [0.2, 0.25) is 0 Å². The van der Waals surface area contributed by atoms with Crippen molar-refractivity contribution in [1.29, 1.82) is 0 Å². The fraction of sp³-hybridized carbons (Fsp3) is 0.176. The van der Waals surface area contributed by atoms with Gasteiger partial charge in [0.2, 0.25) is 5.91 Å². The van der Waals surface area contributed by atoms with E-state index in [2.05, 4.69) is 21.6 Å². The summed E-state index contributed by atoms with van der Waals surface area (Å²) in [7, 11) is 1.87. The Hall–Kier alpha value is -2.65. The highest BCUT2D eigenvalue weighted by molar-refractivity contribution is 7.99. The van der Waals surface area contributed by atoms with Crippen molar-refractivity contribution in [2.75, 3.05) is 11.1 Å². The minimum absolute atomic E-state index is 0.141. The number of para-hydroxylation sites is 1. The van der Waals surface area contributed by atoms with Crippen LogP contribution in [0.3, 0.4) is 0 Å². The van der Waals surface area contributed by atoms with Crippen LogP contribution in [0.4, 0.5) is 5.69 Å². The summed E-state index contributed by atoms with van der Waals surface area (Å²) in [6, 6.07) is 8.69. The zero-order valence-corrected chi connectivity index (χ0v) is 15.9. The number of thioether (sulfide) groups is 1. The number of hydrogen-bond acceptors (Lipinski definition) is 6. The van der Waals surface area contributed by atoms with Gasteiger partial charge in [-0.1, -0.05) is 23.9 Å². The summed E-state index contributed by atoms with van der Waals surface area (Å²) in [5, 5.41) is 13.7. The van der Waals surface area contributed by atoms with Crippen LogP contribution in [0, 0.1) is 6.92 Å². The summed E-state index contributed by atoms with van der Waals surface area (Å²) >= 11 is 2.93. The van der Waals surface area contributed by atoms with E-state index in [-0.39, 0.29) is 17.2 Å². The molecule has 134 valence electrons. The van der Waals surface area contributed by atoms with Crippen LogP contribution in [0.15, 0.2) is 40.9 Å². The summed E-state index contributed by atoms with van der Waals surface area (Å²) in [5.41, 5.74) is 7.01. The minimum Gasteiger partial charge on any atom is -0.366 e. The molecular weight excluding hydrogens is 370 g/mol. The molecule has 2 heterocycles. The molecule has 0 aliphatic carbocycles. The molecule has 0 bridgehead atoms. The van der Waals surface area contributed by atoms with Crippen LogP contribution in [0.25, 0.3) is 11.4 Å². The van der Waals surface area contributed by atoms with Crippen molar-refractivity contribution < 1.29 is 9.59 Å². The van der Waals surface area contributed by atoms with Crippen LogP contribution in [-0.2, 0) is 11.8 Å². The van der Waals surface area contributed by atoms with Gasteiger partial charge in [-0.15, -0.1) is 21.5 Å². The number of benzene rings is 1. The van der Waals surface area contributed by atoms with Crippen molar-refractivity contribution in [2.24, 2.45) is 12.8 Å². The summed E-state index contributed by atoms with van der Waals surface area (Å²) in [5.74, 6) is 0.0652. The van der Waals surface area contributed by atoms with E-state index in [9.17, 15) is 9.59 Å². The van der Waals surface area contributed by atoms with Crippen molar-refractivity contribution in [2.45, 2.75) is 12.1 Å². The van der Waals surface area contributed by atoms with Crippen molar-refractivity contribution in [3.63, 3.8) is 0 Å². The van der Waals surface area contributed by atoms with Crippen LogP contribution >= 0.6 is 23.1 Å². The second kappa shape index (κ2) is 7.71. The van der Waals surface area contributed by atoms with Crippen molar-refractivity contribution in [3.8, 4) is 11.4 Å². The number of aromatic nitrogens is 3. The van der Waals surface area contributed by atoms with E-state index in [1.807, 2.05) is 23.9 Å². The number of anilines is 1. The predicted octanol–water partition coefficient (Wildman–Crippen LogP) is 2.68. The monoisotopic (exact) mass is 387 g/mol.